The van der Waals surface area contributed by atoms with Gasteiger partial charge in [0.05, 0.1) is 17.6 Å². The van der Waals surface area contributed by atoms with E-state index >= 15 is 0 Å². The molecule has 0 amide bonds. The lowest BCUT2D eigenvalue weighted by atomic mass is 9.82. The van der Waals surface area contributed by atoms with E-state index in [4.69, 9.17) is 0 Å². The summed E-state index contributed by atoms with van der Waals surface area (Å²) < 4.78 is 22.5. The van der Waals surface area contributed by atoms with E-state index in [2.05, 4.69) is 5.32 Å². The predicted molar refractivity (Wildman–Crippen MR) is 53.9 cm³/mol. The van der Waals surface area contributed by atoms with Crippen molar-refractivity contribution in [3.63, 3.8) is 0 Å². The van der Waals surface area contributed by atoms with Gasteiger partial charge in [0, 0.05) is 5.54 Å². The molecule has 0 aliphatic carbocycles. The SMILES string of the molecule is O=S1(=O)CCC2(CC1)C[C@H](O)CCN2. The third-order valence-electron chi connectivity index (χ3n) is 3.39. The highest BCUT2D eigenvalue weighted by Crippen LogP contribution is 2.31. The first-order valence-electron chi connectivity index (χ1n) is 5.15. The minimum atomic E-state index is -2.80. The van der Waals surface area contributed by atoms with Gasteiger partial charge in [-0.3, -0.25) is 0 Å². The molecule has 4 nitrogen and oxygen atoms in total. The van der Waals surface area contributed by atoms with E-state index < -0.39 is 9.84 Å². The summed E-state index contributed by atoms with van der Waals surface area (Å²) in [5, 5.41) is 12.9. The fraction of sp³-hybridized carbons (Fsp3) is 1.00. The average Bonchev–Trinajstić information content (AvgIpc) is 2.12. The van der Waals surface area contributed by atoms with Crippen molar-refractivity contribution >= 4 is 9.84 Å². The van der Waals surface area contributed by atoms with Crippen molar-refractivity contribution < 1.29 is 13.5 Å². The molecule has 0 unspecified atom stereocenters. The van der Waals surface area contributed by atoms with Crippen LogP contribution >= 0.6 is 0 Å². The van der Waals surface area contributed by atoms with Crippen LogP contribution in [0.2, 0.25) is 0 Å². The molecule has 2 saturated heterocycles. The van der Waals surface area contributed by atoms with E-state index in [9.17, 15) is 13.5 Å². The lowest BCUT2D eigenvalue weighted by Crippen LogP contribution is -2.56. The Balaban J connectivity index is 2.04. The summed E-state index contributed by atoms with van der Waals surface area (Å²) in [7, 11) is -2.80. The summed E-state index contributed by atoms with van der Waals surface area (Å²) in [4.78, 5) is 0. The maximum absolute atomic E-state index is 11.3. The molecule has 0 saturated carbocycles. The van der Waals surface area contributed by atoms with E-state index in [1.54, 1.807) is 0 Å². The Morgan fingerprint density at radius 3 is 2.50 bits per heavy atom. The van der Waals surface area contributed by atoms with Crippen LogP contribution in [0, 0.1) is 0 Å². The first-order valence-corrected chi connectivity index (χ1v) is 6.97. The number of sulfone groups is 1. The summed E-state index contributed by atoms with van der Waals surface area (Å²) >= 11 is 0. The molecule has 2 rings (SSSR count). The third-order valence-corrected chi connectivity index (χ3v) is 5.04. The van der Waals surface area contributed by atoms with E-state index in [0.717, 1.165) is 13.0 Å². The van der Waals surface area contributed by atoms with Gasteiger partial charge in [-0.15, -0.1) is 0 Å². The maximum atomic E-state index is 11.3. The summed E-state index contributed by atoms with van der Waals surface area (Å²) in [6, 6.07) is 0. The first kappa shape index (κ1) is 10.4. The van der Waals surface area contributed by atoms with Gasteiger partial charge >= 0.3 is 0 Å². The Hall–Kier alpha value is -0.130. The Morgan fingerprint density at radius 1 is 1.29 bits per heavy atom. The molecular weight excluding hydrogens is 202 g/mol. The van der Waals surface area contributed by atoms with Crippen LogP contribution in [0.3, 0.4) is 0 Å². The van der Waals surface area contributed by atoms with Crippen LogP contribution in [0.15, 0.2) is 0 Å². The Labute approximate surface area is 84.6 Å². The van der Waals surface area contributed by atoms with Crippen LogP contribution in [0.5, 0.6) is 0 Å². The molecule has 1 spiro atoms. The number of hydrogen-bond donors (Lipinski definition) is 2. The number of aliphatic hydroxyl groups excluding tert-OH is 1. The molecule has 2 aliphatic rings. The van der Waals surface area contributed by atoms with Gasteiger partial charge in [-0.25, -0.2) is 8.42 Å². The van der Waals surface area contributed by atoms with Crippen molar-refractivity contribution in [2.45, 2.75) is 37.3 Å². The standard InChI is InChI=1S/C9H17NO3S/c11-8-1-4-10-9(7-8)2-5-14(12,13)6-3-9/h8,10-11H,1-7H2/t8-/m1/s1. The highest BCUT2D eigenvalue weighted by Gasteiger charge is 2.40. The van der Waals surface area contributed by atoms with Gasteiger partial charge in [0.15, 0.2) is 0 Å². The molecule has 0 radical (unpaired) electrons. The maximum Gasteiger partial charge on any atom is 0.150 e. The van der Waals surface area contributed by atoms with Crippen molar-refractivity contribution in [3.8, 4) is 0 Å². The van der Waals surface area contributed by atoms with Gasteiger partial charge in [0.1, 0.15) is 9.84 Å². The summed E-state index contributed by atoms with van der Waals surface area (Å²) in [5.74, 6) is 0.541. The van der Waals surface area contributed by atoms with Gasteiger partial charge in [-0.05, 0) is 32.2 Å². The van der Waals surface area contributed by atoms with Crippen LogP contribution in [0.1, 0.15) is 25.7 Å². The normalized spacial score (nSPS) is 35.6. The van der Waals surface area contributed by atoms with Crippen molar-refractivity contribution in [2.75, 3.05) is 18.1 Å². The van der Waals surface area contributed by atoms with Gasteiger partial charge in [0.2, 0.25) is 0 Å². The lowest BCUT2D eigenvalue weighted by Gasteiger charge is -2.43. The first-order chi connectivity index (χ1) is 6.52. The average molecular weight is 219 g/mol. The number of piperidine rings is 1. The number of aliphatic hydroxyl groups is 1. The fourth-order valence-electron chi connectivity index (χ4n) is 2.44. The molecule has 0 bridgehead atoms. The molecule has 2 fully saturated rings. The molecule has 0 aromatic rings. The monoisotopic (exact) mass is 219 g/mol. The Bertz CT molecular complexity index is 298. The molecule has 2 N–H and O–H groups in total. The highest BCUT2D eigenvalue weighted by atomic mass is 32.2. The van der Waals surface area contributed by atoms with E-state index in [1.807, 2.05) is 0 Å². The second kappa shape index (κ2) is 3.47. The zero-order valence-electron chi connectivity index (χ0n) is 8.20. The third kappa shape index (κ3) is 2.10. The second-order valence-electron chi connectivity index (χ2n) is 4.51. The molecule has 2 aliphatic heterocycles. The molecular formula is C9H17NO3S. The van der Waals surface area contributed by atoms with Gasteiger partial charge < -0.3 is 10.4 Å². The smallest absolute Gasteiger partial charge is 0.150 e. The van der Waals surface area contributed by atoms with Gasteiger partial charge in [0.25, 0.3) is 0 Å². The molecule has 5 heteroatoms. The number of rotatable bonds is 0. The molecule has 1 atom stereocenters. The Kier molecular flexibility index (Phi) is 2.57. The molecule has 82 valence electrons. The number of hydrogen-bond acceptors (Lipinski definition) is 4. The van der Waals surface area contributed by atoms with Crippen LogP contribution in [0.25, 0.3) is 0 Å². The Morgan fingerprint density at radius 2 is 1.93 bits per heavy atom. The van der Waals surface area contributed by atoms with E-state index in [0.29, 0.717) is 19.3 Å². The van der Waals surface area contributed by atoms with Crippen molar-refractivity contribution in [1.82, 2.24) is 5.32 Å². The lowest BCUT2D eigenvalue weighted by molar-refractivity contribution is 0.0720. The summed E-state index contributed by atoms with van der Waals surface area (Å²) in [5.41, 5.74) is -0.0943. The van der Waals surface area contributed by atoms with Gasteiger partial charge in [-0.1, -0.05) is 0 Å². The van der Waals surface area contributed by atoms with Crippen LogP contribution in [-0.2, 0) is 9.84 Å². The molecule has 2 heterocycles. The highest BCUT2D eigenvalue weighted by molar-refractivity contribution is 7.91. The minimum absolute atomic E-state index is 0.0943. The molecule has 0 aromatic carbocycles. The molecule has 14 heavy (non-hydrogen) atoms. The van der Waals surface area contributed by atoms with E-state index in [1.165, 1.54) is 0 Å². The fourth-order valence-corrected chi connectivity index (χ4v) is 4.05. The minimum Gasteiger partial charge on any atom is -0.393 e. The molecule has 0 aromatic heterocycles. The topological polar surface area (TPSA) is 66.4 Å². The van der Waals surface area contributed by atoms with E-state index in [-0.39, 0.29) is 23.1 Å². The van der Waals surface area contributed by atoms with Crippen molar-refractivity contribution in [2.24, 2.45) is 0 Å². The van der Waals surface area contributed by atoms with Gasteiger partial charge in [-0.2, -0.15) is 0 Å². The quantitative estimate of drug-likeness (QED) is 0.586. The zero-order valence-corrected chi connectivity index (χ0v) is 9.02. The largest absolute Gasteiger partial charge is 0.393 e. The predicted octanol–water partition coefficient (Wildman–Crippen LogP) is -0.322. The summed E-state index contributed by atoms with van der Waals surface area (Å²) in [6.45, 7) is 0.807. The second-order valence-corrected chi connectivity index (χ2v) is 6.81. The zero-order chi connectivity index (χ0) is 10.2. The van der Waals surface area contributed by atoms with Crippen LogP contribution in [0.4, 0.5) is 0 Å². The van der Waals surface area contributed by atoms with Crippen molar-refractivity contribution in [1.29, 1.82) is 0 Å². The van der Waals surface area contributed by atoms with Crippen LogP contribution in [-0.4, -0.2) is 43.2 Å². The van der Waals surface area contributed by atoms with Crippen molar-refractivity contribution in [3.05, 3.63) is 0 Å². The number of nitrogens with one attached hydrogen (secondary N) is 1. The van der Waals surface area contributed by atoms with Crippen LogP contribution < -0.4 is 5.32 Å². The summed E-state index contributed by atoms with van der Waals surface area (Å²) in [6.07, 6.45) is 2.56.